The summed E-state index contributed by atoms with van der Waals surface area (Å²) < 4.78 is 9.95. The number of carbonyl (C=O) groups excluding carboxylic acids is 1. The Bertz CT molecular complexity index is 412. The molecule has 0 aliphatic heterocycles. The third-order valence-corrected chi connectivity index (χ3v) is 2.24. The smallest absolute Gasteiger partial charge is 0.312 e. The van der Waals surface area contributed by atoms with Crippen LogP contribution in [0, 0.1) is 0 Å². The average Bonchev–Trinajstić information content (AvgIpc) is 2.39. The Morgan fingerprint density at radius 3 is 2.39 bits per heavy atom. The Hall–Kier alpha value is -2.04. The molecule has 0 heterocycles. The molecule has 1 aromatic rings. The molecule has 1 rings (SSSR count). The molecule has 98 valence electrons. The molecule has 0 aliphatic rings. The molecule has 0 atom stereocenters. The first kappa shape index (κ1) is 14.0. The summed E-state index contributed by atoms with van der Waals surface area (Å²) in [5, 5.41) is 3.85. The lowest BCUT2D eigenvalue weighted by Crippen LogP contribution is -2.12. The van der Waals surface area contributed by atoms with E-state index >= 15 is 0 Å². The van der Waals surface area contributed by atoms with Gasteiger partial charge in [0.05, 0.1) is 25.8 Å². The number of ether oxygens (including phenoxy) is 2. The van der Waals surface area contributed by atoms with E-state index in [0.29, 0.717) is 12.3 Å². The van der Waals surface area contributed by atoms with Crippen molar-refractivity contribution in [2.45, 2.75) is 13.3 Å². The van der Waals surface area contributed by atoms with Gasteiger partial charge >= 0.3 is 5.97 Å². The summed E-state index contributed by atoms with van der Waals surface area (Å²) in [6.45, 7) is 2.11. The zero-order valence-electron chi connectivity index (χ0n) is 10.8. The molecule has 1 aromatic carbocycles. The summed E-state index contributed by atoms with van der Waals surface area (Å²) >= 11 is 0. The van der Waals surface area contributed by atoms with E-state index in [9.17, 15) is 4.79 Å². The average molecular weight is 251 g/mol. The molecule has 5 nitrogen and oxygen atoms in total. The third kappa shape index (κ3) is 4.08. The van der Waals surface area contributed by atoms with Gasteiger partial charge in [0.2, 0.25) is 0 Å². The number of oxime groups is 1. The van der Waals surface area contributed by atoms with Crippen molar-refractivity contribution in [1.29, 1.82) is 0 Å². The van der Waals surface area contributed by atoms with E-state index in [1.807, 2.05) is 12.1 Å². The van der Waals surface area contributed by atoms with E-state index < -0.39 is 0 Å². The van der Waals surface area contributed by atoms with Gasteiger partial charge in [-0.05, 0) is 31.2 Å². The molecule has 0 aromatic heterocycles. The normalized spacial score (nSPS) is 10.9. The lowest BCUT2D eigenvalue weighted by Gasteiger charge is -2.06. The molecule has 5 heteroatoms. The van der Waals surface area contributed by atoms with Gasteiger partial charge in [0.25, 0.3) is 0 Å². The highest BCUT2D eigenvalue weighted by Gasteiger charge is 2.11. The summed E-state index contributed by atoms with van der Waals surface area (Å²) in [5.41, 5.74) is 1.32. The lowest BCUT2D eigenvalue weighted by molar-refractivity contribution is -0.141. The van der Waals surface area contributed by atoms with Gasteiger partial charge in [-0.15, -0.1) is 0 Å². The van der Waals surface area contributed by atoms with Crippen LogP contribution in [0.4, 0.5) is 0 Å². The largest absolute Gasteiger partial charge is 0.497 e. The van der Waals surface area contributed by atoms with Crippen LogP contribution in [0.1, 0.15) is 18.9 Å². The Morgan fingerprint density at radius 2 is 1.89 bits per heavy atom. The molecule has 0 saturated heterocycles. The second-order valence-corrected chi connectivity index (χ2v) is 3.43. The quantitative estimate of drug-likeness (QED) is 0.441. The van der Waals surface area contributed by atoms with Gasteiger partial charge in [-0.2, -0.15) is 0 Å². The van der Waals surface area contributed by atoms with Crippen LogP contribution < -0.4 is 4.74 Å². The monoisotopic (exact) mass is 251 g/mol. The minimum absolute atomic E-state index is 0.0774. The molecule has 0 unspecified atom stereocenters. The van der Waals surface area contributed by atoms with E-state index in [0.717, 1.165) is 11.3 Å². The van der Waals surface area contributed by atoms with Gasteiger partial charge in [0.1, 0.15) is 12.9 Å². The molecule has 18 heavy (non-hydrogen) atoms. The minimum Gasteiger partial charge on any atom is -0.497 e. The molecule has 0 radical (unpaired) electrons. The van der Waals surface area contributed by atoms with Crippen LogP contribution in [0.2, 0.25) is 0 Å². The summed E-state index contributed by atoms with van der Waals surface area (Å²) in [6, 6.07) is 7.23. The highest BCUT2D eigenvalue weighted by molar-refractivity contribution is 6.09. The van der Waals surface area contributed by atoms with Crippen LogP contribution in [0.15, 0.2) is 29.4 Å². The van der Waals surface area contributed by atoms with E-state index in [4.69, 9.17) is 14.3 Å². The van der Waals surface area contributed by atoms with Crippen molar-refractivity contribution in [3.8, 4) is 5.75 Å². The fraction of sp³-hybridized carbons (Fsp3) is 0.385. The number of benzene rings is 1. The predicted octanol–water partition coefficient (Wildman–Crippen LogP) is 2.00. The number of hydrogen-bond acceptors (Lipinski definition) is 5. The third-order valence-electron chi connectivity index (χ3n) is 2.24. The van der Waals surface area contributed by atoms with Gasteiger partial charge < -0.3 is 14.3 Å². The summed E-state index contributed by atoms with van der Waals surface area (Å²) in [5.74, 6) is 0.413. The van der Waals surface area contributed by atoms with Crippen LogP contribution in [0.5, 0.6) is 5.75 Å². The zero-order valence-corrected chi connectivity index (χ0v) is 10.8. The number of rotatable bonds is 6. The number of carbonyl (C=O) groups is 1. The van der Waals surface area contributed by atoms with E-state index in [1.165, 1.54) is 7.11 Å². The topological polar surface area (TPSA) is 57.1 Å². The Labute approximate surface area is 106 Å². The van der Waals surface area contributed by atoms with Crippen molar-refractivity contribution in [1.82, 2.24) is 0 Å². The van der Waals surface area contributed by atoms with Gasteiger partial charge in [-0.1, -0.05) is 5.16 Å². The summed E-state index contributed by atoms with van der Waals surface area (Å²) in [4.78, 5) is 16.2. The van der Waals surface area contributed by atoms with Crippen molar-refractivity contribution in [2.75, 3.05) is 20.8 Å². The fourth-order valence-electron chi connectivity index (χ4n) is 1.43. The van der Waals surface area contributed by atoms with Crippen LogP contribution in [-0.2, 0) is 14.4 Å². The number of nitrogens with zero attached hydrogens (tertiary/aromatic N) is 1. The predicted molar refractivity (Wildman–Crippen MR) is 67.8 cm³/mol. The van der Waals surface area contributed by atoms with Crippen LogP contribution in [0.25, 0.3) is 0 Å². The van der Waals surface area contributed by atoms with E-state index in [1.54, 1.807) is 26.2 Å². The second-order valence-electron chi connectivity index (χ2n) is 3.43. The molecule has 0 fully saturated rings. The van der Waals surface area contributed by atoms with E-state index in [2.05, 4.69) is 5.16 Å². The van der Waals surface area contributed by atoms with Crippen molar-refractivity contribution in [2.24, 2.45) is 5.16 Å². The number of esters is 1. The zero-order chi connectivity index (χ0) is 13.4. The Morgan fingerprint density at radius 1 is 1.22 bits per heavy atom. The van der Waals surface area contributed by atoms with Crippen LogP contribution >= 0.6 is 0 Å². The van der Waals surface area contributed by atoms with Crippen molar-refractivity contribution in [3.63, 3.8) is 0 Å². The molecular weight excluding hydrogens is 234 g/mol. The Balaban J connectivity index is 2.84. The maximum absolute atomic E-state index is 11.4. The maximum Gasteiger partial charge on any atom is 0.312 e. The first-order chi connectivity index (χ1) is 8.71. The van der Waals surface area contributed by atoms with Crippen molar-refractivity contribution < 1.29 is 19.1 Å². The molecule has 0 saturated carbocycles. The van der Waals surface area contributed by atoms with Gasteiger partial charge in [-0.25, -0.2) is 0 Å². The molecular formula is C13H17NO4. The van der Waals surface area contributed by atoms with Gasteiger partial charge in [-0.3, -0.25) is 4.79 Å². The SMILES string of the molecule is CCOC(=O)C/C(=N/OC)c1ccc(OC)cc1. The van der Waals surface area contributed by atoms with Gasteiger partial charge in [0, 0.05) is 5.56 Å². The standard InChI is InChI=1S/C13H17NO4/c1-4-18-13(15)9-12(14-17-3)10-5-7-11(16-2)8-6-10/h5-8H,4,9H2,1-3H3/b14-12-. The first-order valence-corrected chi connectivity index (χ1v) is 5.61. The lowest BCUT2D eigenvalue weighted by atomic mass is 10.1. The summed E-state index contributed by atoms with van der Waals surface area (Å²) in [7, 11) is 3.03. The van der Waals surface area contributed by atoms with Crippen molar-refractivity contribution in [3.05, 3.63) is 29.8 Å². The Kier molecular flexibility index (Phi) is 5.70. The number of methoxy groups -OCH3 is 1. The molecule has 0 amide bonds. The number of hydrogen-bond donors (Lipinski definition) is 0. The molecule has 0 aliphatic carbocycles. The minimum atomic E-state index is -0.330. The molecule has 0 N–H and O–H groups in total. The maximum atomic E-state index is 11.4. The summed E-state index contributed by atoms with van der Waals surface area (Å²) in [6.07, 6.45) is 0.0774. The van der Waals surface area contributed by atoms with Crippen molar-refractivity contribution >= 4 is 11.7 Å². The van der Waals surface area contributed by atoms with E-state index in [-0.39, 0.29) is 12.4 Å². The fourth-order valence-corrected chi connectivity index (χ4v) is 1.43. The van der Waals surface area contributed by atoms with Gasteiger partial charge in [0.15, 0.2) is 0 Å². The van der Waals surface area contributed by atoms with Crippen LogP contribution in [-0.4, -0.2) is 32.5 Å². The second kappa shape index (κ2) is 7.32. The van der Waals surface area contributed by atoms with Crippen LogP contribution in [0.3, 0.4) is 0 Å². The first-order valence-electron chi connectivity index (χ1n) is 5.61. The highest BCUT2D eigenvalue weighted by Crippen LogP contribution is 2.13. The molecule has 0 bridgehead atoms. The highest BCUT2D eigenvalue weighted by atomic mass is 16.6. The molecule has 0 spiro atoms.